The Bertz CT molecular complexity index is 250. The first kappa shape index (κ1) is 11.0. The third kappa shape index (κ3) is 2.52. The first-order chi connectivity index (χ1) is 7.23. The minimum absolute atomic E-state index is 0.266. The van der Waals surface area contributed by atoms with Gasteiger partial charge in [0.25, 0.3) is 0 Å². The lowest BCUT2D eigenvalue weighted by atomic mass is 9.70. The highest BCUT2D eigenvalue weighted by molar-refractivity contribution is 4.96. The van der Waals surface area contributed by atoms with E-state index in [0.717, 1.165) is 13.0 Å². The molecule has 2 saturated carbocycles. The minimum atomic E-state index is 0.266. The summed E-state index contributed by atoms with van der Waals surface area (Å²) >= 11 is 0. The van der Waals surface area contributed by atoms with Crippen LogP contribution in [0.25, 0.3) is 0 Å². The Kier molecular flexibility index (Phi) is 3.31. The molecule has 0 aromatic rings. The molecule has 2 aliphatic rings. The standard InChI is InChI=1S/C13H22N2/c1-13(7-4-8-13)10-15-12-6-3-2-5-11(12)9-14/h11-12,15H,2-8,10H2,1H3. The Morgan fingerprint density at radius 3 is 2.60 bits per heavy atom. The fourth-order valence-corrected chi connectivity index (χ4v) is 2.86. The van der Waals surface area contributed by atoms with Gasteiger partial charge >= 0.3 is 0 Å². The van der Waals surface area contributed by atoms with Crippen LogP contribution in [0.15, 0.2) is 0 Å². The van der Waals surface area contributed by atoms with Crippen molar-refractivity contribution in [2.45, 2.75) is 57.9 Å². The van der Waals surface area contributed by atoms with Crippen molar-refractivity contribution in [3.05, 3.63) is 0 Å². The molecule has 2 fully saturated rings. The summed E-state index contributed by atoms with van der Waals surface area (Å²) in [5.41, 5.74) is 0.539. The Balaban J connectivity index is 1.79. The molecule has 2 atom stereocenters. The van der Waals surface area contributed by atoms with Crippen LogP contribution in [0.4, 0.5) is 0 Å². The first-order valence-corrected chi connectivity index (χ1v) is 6.37. The van der Waals surface area contributed by atoms with E-state index in [-0.39, 0.29) is 5.92 Å². The predicted molar refractivity (Wildman–Crippen MR) is 61.3 cm³/mol. The first-order valence-electron chi connectivity index (χ1n) is 6.37. The maximum atomic E-state index is 9.07. The molecule has 0 saturated heterocycles. The lowest BCUT2D eigenvalue weighted by Crippen LogP contribution is -2.45. The molecule has 0 aromatic carbocycles. The Labute approximate surface area is 93.0 Å². The molecule has 0 bridgehead atoms. The van der Waals surface area contributed by atoms with Crippen molar-refractivity contribution in [3.63, 3.8) is 0 Å². The third-order valence-corrected chi connectivity index (χ3v) is 4.28. The Morgan fingerprint density at radius 1 is 1.27 bits per heavy atom. The topological polar surface area (TPSA) is 35.8 Å². The average Bonchev–Trinajstić information content (AvgIpc) is 2.24. The summed E-state index contributed by atoms with van der Waals surface area (Å²) in [5.74, 6) is 0.266. The van der Waals surface area contributed by atoms with Crippen LogP contribution in [-0.2, 0) is 0 Å². The molecule has 2 aliphatic carbocycles. The van der Waals surface area contributed by atoms with Gasteiger partial charge in [0.05, 0.1) is 12.0 Å². The van der Waals surface area contributed by atoms with E-state index in [9.17, 15) is 0 Å². The molecule has 2 nitrogen and oxygen atoms in total. The van der Waals surface area contributed by atoms with Crippen molar-refractivity contribution in [3.8, 4) is 6.07 Å². The van der Waals surface area contributed by atoms with E-state index in [1.807, 2.05) is 0 Å². The van der Waals surface area contributed by atoms with E-state index >= 15 is 0 Å². The number of nitrogens with one attached hydrogen (secondary N) is 1. The predicted octanol–water partition coefficient (Wildman–Crippen LogP) is 2.85. The lowest BCUT2D eigenvalue weighted by Gasteiger charge is -2.40. The van der Waals surface area contributed by atoms with Crippen LogP contribution in [0.1, 0.15) is 51.9 Å². The fraction of sp³-hybridized carbons (Fsp3) is 0.923. The summed E-state index contributed by atoms with van der Waals surface area (Å²) in [7, 11) is 0. The van der Waals surface area contributed by atoms with E-state index in [0.29, 0.717) is 11.5 Å². The summed E-state index contributed by atoms with van der Waals surface area (Å²) in [4.78, 5) is 0. The van der Waals surface area contributed by atoms with Crippen LogP contribution in [-0.4, -0.2) is 12.6 Å². The van der Waals surface area contributed by atoms with Gasteiger partial charge in [-0.2, -0.15) is 5.26 Å². The Hall–Kier alpha value is -0.550. The molecule has 2 unspecified atom stereocenters. The fourth-order valence-electron chi connectivity index (χ4n) is 2.86. The molecular formula is C13H22N2. The van der Waals surface area contributed by atoms with Crippen LogP contribution in [0.3, 0.4) is 0 Å². The zero-order valence-electron chi connectivity index (χ0n) is 9.76. The Morgan fingerprint density at radius 2 is 2.00 bits per heavy atom. The maximum Gasteiger partial charge on any atom is 0.0672 e. The van der Waals surface area contributed by atoms with Crippen molar-refractivity contribution >= 4 is 0 Å². The van der Waals surface area contributed by atoms with Crippen LogP contribution < -0.4 is 5.32 Å². The second kappa shape index (κ2) is 4.53. The quantitative estimate of drug-likeness (QED) is 0.770. The van der Waals surface area contributed by atoms with Crippen molar-refractivity contribution in [1.82, 2.24) is 5.32 Å². The molecule has 0 amide bonds. The molecule has 15 heavy (non-hydrogen) atoms. The summed E-state index contributed by atoms with van der Waals surface area (Å²) in [5, 5.41) is 12.7. The minimum Gasteiger partial charge on any atom is -0.312 e. The third-order valence-electron chi connectivity index (χ3n) is 4.28. The monoisotopic (exact) mass is 206 g/mol. The average molecular weight is 206 g/mol. The summed E-state index contributed by atoms with van der Waals surface area (Å²) in [6.45, 7) is 3.49. The summed E-state index contributed by atoms with van der Waals surface area (Å²) in [6.07, 6.45) is 8.97. The van der Waals surface area contributed by atoms with Gasteiger partial charge in [0, 0.05) is 12.6 Å². The number of hydrogen-bond acceptors (Lipinski definition) is 2. The van der Waals surface area contributed by atoms with E-state index in [1.165, 1.54) is 38.5 Å². The highest BCUT2D eigenvalue weighted by Crippen LogP contribution is 2.39. The smallest absolute Gasteiger partial charge is 0.0672 e. The van der Waals surface area contributed by atoms with Crippen LogP contribution in [0.2, 0.25) is 0 Å². The van der Waals surface area contributed by atoms with Crippen molar-refractivity contribution in [1.29, 1.82) is 5.26 Å². The highest BCUT2D eigenvalue weighted by Gasteiger charge is 2.33. The molecule has 0 aliphatic heterocycles. The molecule has 2 rings (SSSR count). The van der Waals surface area contributed by atoms with Gasteiger partial charge in [-0.25, -0.2) is 0 Å². The van der Waals surface area contributed by atoms with Gasteiger partial charge in [-0.3, -0.25) is 0 Å². The van der Waals surface area contributed by atoms with Crippen molar-refractivity contribution in [2.24, 2.45) is 11.3 Å². The second-order valence-corrected chi connectivity index (χ2v) is 5.67. The second-order valence-electron chi connectivity index (χ2n) is 5.67. The van der Waals surface area contributed by atoms with E-state index in [1.54, 1.807) is 0 Å². The zero-order chi connectivity index (χ0) is 10.7. The van der Waals surface area contributed by atoms with Gasteiger partial charge in [0.15, 0.2) is 0 Å². The number of nitrogens with zero attached hydrogens (tertiary/aromatic N) is 1. The molecule has 0 heterocycles. The molecular weight excluding hydrogens is 184 g/mol. The van der Waals surface area contributed by atoms with Crippen LogP contribution in [0, 0.1) is 22.7 Å². The van der Waals surface area contributed by atoms with E-state index in [2.05, 4.69) is 18.3 Å². The normalized spacial score (nSPS) is 34.1. The van der Waals surface area contributed by atoms with Gasteiger partial charge < -0.3 is 5.32 Å². The van der Waals surface area contributed by atoms with Crippen LogP contribution >= 0.6 is 0 Å². The van der Waals surface area contributed by atoms with Gasteiger partial charge in [-0.05, 0) is 31.1 Å². The van der Waals surface area contributed by atoms with E-state index in [4.69, 9.17) is 5.26 Å². The van der Waals surface area contributed by atoms with Gasteiger partial charge in [-0.1, -0.05) is 26.2 Å². The molecule has 0 aromatic heterocycles. The summed E-state index contributed by atoms with van der Waals surface area (Å²) < 4.78 is 0. The molecule has 0 radical (unpaired) electrons. The largest absolute Gasteiger partial charge is 0.312 e. The van der Waals surface area contributed by atoms with Gasteiger partial charge in [0.1, 0.15) is 0 Å². The zero-order valence-corrected chi connectivity index (χ0v) is 9.76. The lowest BCUT2D eigenvalue weighted by molar-refractivity contribution is 0.141. The van der Waals surface area contributed by atoms with Crippen molar-refractivity contribution < 1.29 is 0 Å². The molecule has 0 spiro atoms. The maximum absolute atomic E-state index is 9.07. The van der Waals surface area contributed by atoms with Gasteiger partial charge in [-0.15, -0.1) is 0 Å². The molecule has 1 N–H and O–H groups in total. The van der Waals surface area contributed by atoms with Crippen LogP contribution in [0.5, 0.6) is 0 Å². The van der Waals surface area contributed by atoms with Gasteiger partial charge in [0.2, 0.25) is 0 Å². The SMILES string of the molecule is CC1(CNC2CCCCC2C#N)CCC1. The highest BCUT2D eigenvalue weighted by atomic mass is 14.9. The summed E-state index contributed by atoms with van der Waals surface area (Å²) in [6, 6.07) is 2.94. The number of nitriles is 1. The number of rotatable bonds is 3. The van der Waals surface area contributed by atoms with Crippen molar-refractivity contribution in [2.75, 3.05) is 6.54 Å². The van der Waals surface area contributed by atoms with E-state index < -0.39 is 0 Å². The molecule has 2 heteroatoms. The number of hydrogen-bond donors (Lipinski definition) is 1. The molecule has 84 valence electrons.